The highest BCUT2D eigenvalue weighted by atomic mass is 35.5. The molecule has 1 aromatic heterocycles. The molecule has 0 aliphatic carbocycles. The summed E-state index contributed by atoms with van der Waals surface area (Å²) in [7, 11) is 3.19. The minimum Gasteiger partial charge on any atom is -0.312 e. The Morgan fingerprint density at radius 1 is 1.37 bits per heavy atom. The summed E-state index contributed by atoms with van der Waals surface area (Å²) in [5, 5.41) is 3.36. The van der Waals surface area contributed by atoms with Crippen molar-refractivity contribution in [1.29, 1.82) is 0 Å². The van der Waals surface area contributed by atoms with Crippen molar-refractivity contribution < 1.29 is 0 Å². The van der Waals surface area contributed by atoms with E-state index in [4.69, 9.17) is 0 Å². The molecule has 1 atom stereocenters. The van der Waals surface area contributed by atoms with Gasteiger partial charge in [0.15, 0.2) is 0 Å². The molecule has 0 amide bonds. The first-order valence-electron chi connectivity index (χ1n) is 6.20. The zero-order valence-corrected chi connectivity index (χ0v) is 12.4. The molecule has 2 rings (SSSR count). The topological polar surface area (TPSA) is 59.3 Å². The van der Waals surface area contributed by atoms with E-state index in [0.29, 0.717) is 18.2 Å². The average molecular weight is 289 g/mol. The SMILES string of the molecule is CC1CN(Cc2cn(C)c(=O)n(C)c2=O)CCN1.Cl. The zero-order valence-electron chi connectivity index (χ0n) is 11.5. The van der Waals surface area contributed by atoms with E-state index in [1.54, 1.807) is 13.2 Å². The van der Waals surface area contributed by atoms with Crippen LogP contribution in [0.5, 0.6) is 0 Å². The fraction of sp³-hybridized carbons (Fsp3) is 0.667. The van der Waals surface area contributed by atoms with Crippen molar-refractivity contribution >= 4 is 12.4 Å². The number of hydrogen-bond donors (Lipinski definition) is 1. The lowest BCUT2D eigenvalue weighted by Crippen LogP contribution is -2.49. The Morgan fingerprint density at radius 3 is 2.68 bits per heavy atom. The largest absolute Gasteiger partial charge is 0.330 e. The van der Waals surface area contributed by atoms with Crippen molar-refractivity contribution in [3.63, 3.8) is 0 Å². The van der Waals surface area contributed by atoms with Crippen molar-refractivity contribution in [2.75, 3.05) is 19.6 Å². The summed E-state index contributed by atoms with van der Waals surface area (Å²) in [4.78, 5) is 25.8. The lowest BCUT2D eigenvalue weighted by Gasteiger charge is -2.31. The number of nitrogens with one attached hydrogen (secondary N) is 1. The Hall–Kier alpha value is -1.11. The van der Waals surface area contributed by atoms with E-state index in [9.17, 15) is 9.59 Å². The van der Waals surface area contributed by atoms with E-state index in [0.717, 1.165) is 19.6 Å². The highest BCUT2D eigenvalue weighted by Crippen LogP contribution is 2.03. The lowest BCUT2D eigenvalue weighted by molar-refractivity contribution is 0.198. The van der Waals surface area contributed by atoms with Gasteiger partial charge < -0.3 is 9.88 Å². The van der Waals surface area contributed by atoms with Gasteiger partial charge in [0.1, 0.15) is 0 Å². The van der Waals surface area contributed by atoms with Crippen molar-refractivity contribution in [1.82, 2.24) is 19.4 Å². The molecule has 1 aromatic rings. The second-order valence-electron chi connectivity index (χ2n) is 5.00. The molecule has 1 N–H and O–H groups in total. The Kier molecular flexibility index (Phi) is 5.34. The number of nitrogens with zero attached hydrogens (tertiary/aromatic N) is 3. The Morgan fingerprint density at radius 2 is 2.05 bits per heavy atom. The van der Waals surface area contributed by atoms with E-state index in [1.807, 2.05) is 0 Å². The Bertz CT molecular complexity index is 552. The van der Waals surface area contributed by atoms with Crippen LogP contribution in [-0.2, 0) is 20.6 Å². The minimum atomic E-state index is -0.280. The summed E-state index contributed by atoms with van der Waals surface area (Å²) < 4.78 is 2.63. The number of aryl methyl sites for hydroxylation is 1. The molecular formula is C12H21ClN4O2. The van der Waals surface area contributed by atoms with Gasteiger partial charge in [-0.05, 0) is 6.92 Å². The van der Waals surface area contributed by atoms with Crippen LogP contribution < -0.4 is 16.6 Å². The van der Waals surface area contributed by atoms with Gasteiger partial charge in [0.25, 0.3) is 5.56 Å². The summed E-state index contributed by atoms with van der Waals surface area (Å²) in [5.41, 5.74) is 0.204. The molecular weight excluding hydrogens is 268 g/mol. The van der Waals surface area contributed by atoms with Gasteiger partial charge in [0.2, 0.25) is 0 Å². The van der Waals surface area contributed by atoms with E-state index < -0.39 is 0 Å². The van der Waals surface area contributed by atoms with Crippen molar-refractivity contribution in [2.24, 2.45) is 14.1 Å². The molecule has 2 heterocycles. The van der Waals surface area contributed by atoms with Gasteiger partial charge >= 0.3 is 5.69 Å². The molecule has 1 fully saturated rings. The van der Waals surface area contributed by atoms with E-state index >= 15 is 0 Å². The summed E-state index contributed by atoms with van der Waals surface area (Å²) in [6.45, 7) is 5.52. The van der Waals surface area contributed by atoms with Crippen LogP contribution in [0.25, 0.3) is 0 Å². The Balaban J connectivity index is 0.00000180. The lowest BCUT2D eigenvalue weighted by atomic mass is 10.2. The molecule has 0 bridgehead atoms. The molecule has 0 aromatic carbocycles. The second-order valence-corrected chi connectivity index (χ2v) is 5.00. The van der Waals surface area contributed by atoms with Crippen LogP contribution in [-0.4, -0.2) is 39.7 Å². The first-order chi connectivity index (χ1) is 8.49. The third-order valence-electron chi connectivity index (χ3n) is 3.36. The van der Waals surface area contributed by atoms with Crippen molar-refractivity contribution in [3.05, 3.63) is 32.6 Å². The van der Waals surface area contributed by atoms with Crippen LogP contribution in [0.15, 0.2) is 15.8 Å². The monoisotopic (exact) mass is 288 g/mol. The maximum atomic E-state index is 12.0. The summed E-state index contributed by atoms with van der Waals surface area (Å²) >= 11 is 0. The minimum absolute atomic E-state index is 0. The maximum Gasteiger partial charge on any atom is 0.330 e. The first-order valence-corrected chi connectivity index (χ1v) is 6.20. The quantitative estimate of drug-likeness (QED) is 0.782. The van der Waals surface area contributed by atoms with Gasteiger partial charge in [-0.25, -0.2) is 4.79 Å². The van der Waals surface area contributed by atoms with E-state index in [1.165, 1.54) is 16.2 Å². The molecule has 1 aliphatic heterocycles. The third-order valence-corrected chi connectivity index (χ3v) is 3.36. The highest BCUT2D eigenvalue weighted by Gasteiger charge is 2.17. The molecule has 0 spiro atoms. The molecule has 108 valence electrons. The maximum absolute atomic E-state index is 12.0. The molecule has 7 heteroatoms. The molecule has 0 saturated carbocycles. The molecule has 6 nitrogen and oxygen atoms in total. The number of halogens is 1. The van der Waals surface area contributed by atoms with Crippen LogP contribution in [0.1, 0.15) is 12.5 Å². The predicted molar refractivity (Wildman–Crippen MR) is 76.9 cm³/mol. The average Bonchev–Trinajstić information content (AvgIpc) is 2.33. The van der Waals surface area contributed by atoms with Crippen LogP contribution >= 0.6 is 12.4 Å². The number of hydrogen-bond acceptors (Lipinski definition) is 4. The van der Waals surface area contributed by atoms with Gasteiger partial charge in [-0.15, -0.1) is 12.4 Å². The normalized spacial score (nSPS) is 20.1. The molecule has 19 heavy (non-hydrogen) atoms. The first kappa shape index (κ1) is 15.9. The van der Waals surface area contributed by atoms with Crippen LogP contribution in [0.4, 0.5) is 0 Å². The number of aromatic nitrogens is 2. The molecule has 1 aliphatic rings. The number of piperazine rings is 1. The predicted octanol–water partition coefficient (Wildman–Crippen LogP) is -0.700. The van der Waals surface area contributed by atoms with Crippen molar-refractivity contribution in [2.45, 2.75) is 19.5 Å². The number of rotatable bonds is 2. The standard InChI is InChI=1S/C12H20N4O2.ClH/c1-9-6-16(5-4-13-9)8-10-7-14(2)12(18)15(3)11(10)17;/h7,9,13H,4-6,8H2,1-3H3;1H. The fourth-order valence-corrected chi connectivity index (χ4v) is 2.39. The molecule has 0 radical (unpaired) electrons. The van der Waals surface area contributed by atoms with Gasteiger partial charge in [0.05, 0.1) is 0 Å². The summed E-state index contributed by atoms with van der Waals surface area (Å²) in [5.74, 6) is 0. The van der Waals surface area contributed by atoms with Crippen LogP contribution in [0, 0.1) is 0 Å². The fourth-order valence-electron chi connectivity index (χ4n) is 2.39. The summed E-state index contributed by atoms with van der Waals surface area (Å²) in [6.07, 6.45) is 1.65. The van der Waals surface area contributed by atoms with Crippen LogP contribution in [0.2, 0.25) is 0 Å². The zero-order chi connectivity index (χ0) is 13.3. The summed E-state index contributed by atoms with van der Waals surface area (Å²) in [6, 6.07) is 0.440. The Labute approximate surface area is 118 Å². The van der Waals surface area contributed by atoms with E-state index in [-0.39, 0.29) is 23.7 Å². The second kappa shape index (κ2) is 6.36. The molecule has 1 unspecified atom stereocenters. The van der Waals surface area contributed by atoms with Crippen molar-refractivity contribution in [3.8, 4) is 0 Å². The third kappa shape index (κ3) is 3.46. The van der Waals surface area contributed by atoms with Gasteiger partial charge in [-0.3, -0.25) is 14.3 Å². The van der Waals surface area contributed by atoms with Gasteiger partial charge in [-0.2, -0.15) is 0 Å². The van der Waals surface area contributed by atoms with Gasteiger partial charge in [-0.1, -0.05) is 0 Å². The smallest absolute Gasteiger partial charge is 0.312 e. The van der Waals surface area contributed by atoms with E-state index in [2.05, 4.69) is 17.1 Å². The van der Waals surface area contributed by atoms with Crippen LogP contribution in [0.3, 0.4) is 0 Å². The molecule has 1 saturated heterocycles. The highest BCUT2D eigenvalue weighted by molar-refractivity contribution is 5.85. The van der Waals surface area contributed by atoms with Gasteiger partial charge in [0, 0.05) is 58.1 Å².